The fraction of sp³-hybridized carbons (Fsp3) is 0.300. The first kappa shape index (κ1) is 10.5. The van der Waals surface area contributed by atoms with Crippen LogP contribution in [0.3, 0.4) is 0 Å². The summed E-state index contributed by atoms with van der Waals surface area (Å²) in [7, 11) is 0. The van der Waals surface area contributed by atoms with Crippen molar-refractivity contribution < 1.29 is 14.3 Å². The number of rotatable bonds is 4. The highest BCUT2D eigenvalue weighted by Gasteiger charge is 2.23. The third kappa shape index (κ3) is 2.73. The molecule has 0 aromatic heterocycles. The quantitative estimate of drug-likeness (QED) is 0.775. The molecule has 0 fully saturated rings. The minimum Gasteiger partial charge on any atom is -0.479 e. The molecule has 2 unspecified atom stereocenters. The third-order valence-electron chi connectivity index (χ3n) is 1.84. The van der Waals surface area contributed by atoms with Crippen molar-refractivity contribution in [3.63, 3.8) is 0 Å². The number of anilines is 1. The van der Waals surface area contributed by atoms with Gasteiger partial charge in [0, 0.05) is 5.69 Å². The van der Waals surface area contributed by atoms with E-state index < -0.39 is 18.2 Å². The molecule has 2 atom stereocenters. The van der Waals surface area contributed by atoms with Crippen LogP contribution in [0.25, 0.3) is 0 Å². The summed E-state index contributed by atoms with van der Waals surface area (Å²) in [6.07, 6.45) is -1.89. The smallest absolute Gasteiger partial charge is 0.340 e. The van der Waals surface area contributed by atoms with Crippen molar-refractivity contribution in [2.75, 3.05) is 5.32 Å². The molecule has 4 heteroatoms. The van der Waals surface area contributed by atoms with E-state index in [4.69, 9.17) is 5.11 Å². The van der Waals surface area contributed by atoms with Gasteiger partial charge < -0.3 is 10.4 Å². The van der Waals surface area contributed by atoms with Gasteiger partial charge >= 0.3 is 5.97 Å². The van der Waals surface area contributed by atoms with Crippen LogP contribution in [-0.2, 0) is 4.79 Å². The van der Waals surface area contributed by atoms with E-state index in [9.17, 15) is 9.18 Å². The van der Waals surface area contributed by atoms with Crippen molar-refractivity contribution in [1.29, 1.82) is 0 Å². The van der Waals surface area contributed by atoms with E-state index >= 15 is 0 Å². The molecule has 0 aliphatic rings. The Kier molecular flexibility index (Phi) is 3.45. The highest BCUT2D eigenvalue weighted by atomic mass is 19.1. The standard InChI is InChI=1S/C10H12FNO2/c1-7(9(11)10(13)14)12-8-5-3-2-4-6-8/h2-7,9,12H,1H3,(H,13,14). The molecule has 1 aromatic carbocycles. The minimum atomic E-state index is -1.89. The van der Waals surface area contributed by atoms with Gasteiger partial charge in [0.05, 0.1) is 6.04 Å². The molecule has 0 bridgehead atoms. The number of benzene rings is 1. The Balaban J connectivity index is 2.57. The van der Waals surface area contributed by atoms with Crippen LogP contribution in [0.1, 0.15) is 6.92 Å². The van der Waals surface area contributed by atoms with Crippen LogP contribution in [0, 0.1) is 0 Å². The number of hydrogen-bond donors (Lipinski definition) is 2. The van der Waals surface area contributed by atoms with Gasteiger partial charge in [0.25, 0.3) is 0 Å². The SMILES string of the molecule is CC(Nc1ccccc1)C(F)C(=O)O. The lowest BCUT2D eigenvalue weighted by Gasteiger charge is -2.16. The predicted octanol–water partition coefficient (Wildman–Crippen LogP) is 1.91. The summed E-state index contributed by atoms with van der Waals surface area (Å²) in [5, 5.41) is 11.2. The van der Waals surface area contributed by atoms with E-state index in [1.54, 1.807) is 24.3 Å². The number of hydrogen-bond acceptors (Lipinski definition) is 2. The van der Waals surface area contributed by atoms with Crippen LogP contribution in [0.5, 0.6) is 0 Å². The Morgan fingerprint density at radius 1 is 1.43 bits per heavy atom. The summed E-state index contributed by atoms with van der Waals surface area (Å²) >= 11 is 0. The highest BCUT2D eigenvalue weighted by molar-refractivity contribution is 5.73. The molecule has 0 radical (unpaired) electrons. The number of halogens is 1. The van der Waals surface area contributed by atoms with E-state index in [1.807, 2.05) is 6.07 Å². The number of carbonyl (C=O) groups is 1. The molecule has 76 valence electrons. The molecule has 3 nitrogen and oxygen atoms in total. The van der Waals surface area contributed by atoms with Gasteiger partial charge in [-0.15, -0.1) is 0 Å². The van der Waals surface area contributed by atoms with Crippen LogP contribution in [0.4, 0.5) is 10.1 Å². The fourth-order valence-electron chi connectivity index (χ4n) is 1.08. The summed E-state index contributed by atoms with van der Waals surface area (Å²) in [5.74, 6) is -1.44. The van der Waals surface area contributed by atoms with Crippen LogP contribution in [-0.4, -0.2) is 23.3 Å². The van der Waals surface area contributed by atoms with Crippen LogP contribution >= 0.6 is 0 Å². The van der Waals surface area contributed by atoms with Crippen LogP contribution < -0.4 is 5.32 Å². The van der Waals surface area contributed by atoms with Gasteiger partial charge in [-0.3, -0.25) is 0 Å². The first-order valence-electron chi connectivity index (χ1n) is 4.29. The molecule has 0 saturated heterocycles. The summed E-state index contributed by atoms with van der Waals surface area (Å²) in [4.78, 5) is 10.3. The number of para-hydroxylation sites is 1. The maximum absolute atomic E-state index is 12.9. The molecule has 0 aliphatic carbocycles. The maximum atomic E-state index is 12.9. The molecule has 1 rings (SSSR count). The summed E-state index contributed by atoms with van der Waals surface area (Å²) < 4.78 is 12.9. The normalized spacial score (nSPS) is 14.4. The Morgan fingerprint density at radius 2 is 2.00 bits per heavy atom. The highest BCUT2D eigenvalue weighted by Crippen LogP contribution is 2.10. The van der Waals surface area contributed by atoms with Crippen LogP contribution in [0.2, 0.25) is 0 Å². The first-order chi connectivity index (χ1) is 6.61. The topological polar surface area (TPSA) is 49.3 Å². The molecule has 0 amide bonds. The molecule has 0 aliphatic heterocycles. The molecule has 2 N–H and O–H groups in total. The van der Waals surface area contributed by atoms with E-state index in [1.165, 1.54) is 6.92 Å². The molecule has 1 aromatic rings. The molecular formula is C10H12FNO2. The van der Waals surface area contributed by atoms with E-state index in [-0.39, 0.29) is 0 Å². The first-order valence-corrected chi connectivity index (χ1v) is 4.29. The average Bonchev–Trinajstić information content (AvgIpc) is 2.18. The minimum absolute atomic E-state index is 0.712. The summed E-state index contributed by atoms with van der Waals surface area (Å²) in [6.45, 7) is 1.49. The number of carboxylic acid groups (broad SMARTS) is 1. The zero-order chi connectivity index (χ0) is 10.6. The van der Waals surface area contributed by atoms with Crippen molar-refractivity contribution in [3.8, 4) is 0 Å². The van der Waals surface area contributed by atoms with Gasteiger partial charge in [-0.2, -0.15) is 0 Å². The maximum Gasteiger partial charge on any atom is 0.340 e. The van der Waals surface area contributed by atoms with E-state index in [2.05, 4.69) is 5.32 Å². The summed E-state index contributed by atoms with van der Waals surface area (Å²) in [6, 6.07) is 8.19. The molecule has 0 heterocycles. The van der Waals surface area contributed by atoms with Gasteiger partial charge in [0.15, 0.2) is 0 Å². The lowest BCUT2D eigenvalue weighted by Crippen LogP contribution is -2.33. The largest absolute Gasteiger partial charge is 0.479 e. The van der Waals surface area contributed by atoms with Gasteiger partial charge in [-0.1, -0.05) is 18.2 Å². The molecule has 0 spiro atoms. The second-order valence-corrected chi connectivity index (χ2v) is 3.04. The number of carboxylic acids is 1. The lowest BCUT2D eigenvalue weighted by atomic mass is 10.2. The van der Waals surface area contributed by atoms with E-state index in [0.29, 0.717) is 5.69 Å². The second-order valence-electron chi connectivity index (χ2n) is 3.04. The van der Waals surface area contributed by atoms with Crippen molar-refractivity contribution in [3.05, 3.63) is 30.3 Å². The number of aliphatic carboxylic acids is 1. The van der Waals surface area contributed by atoms with Gasteiger partial charge in [-0.05, 0) is 19.1 Å². The second kappa shape index (κ2) is 4.60. The average molecular weight is 197 g/mol. The number of alkyl halides is 1. The van der Waals surface area contributed by atoms with E-state index in [0.717, 1.165) is 0 Å². The predicted molar refractivity (Wildman–Crippen MR) is 52.1 cm³/mol. The van der Waals surface area contributed by atoms with Crippen molar-refractivity contribution in [2.24, 2.45) is 0 Å². The molecule has 14 heavy (non-hydrogen) atoms. The Hall–Kier alpha value is -1.58. The zero-order valence-electron chi connectivity index (χ0n) is 7.77. The fourth-order valence-corrected chi connectivity index (χ4v) is 1.08. The number of nitrogens with one attached hydrogen (secondary N) is 1. The monoisotopic (exact) mass is 197 g/mol. The van der Waals surface area contributed by atoms with Gasteiger partial charge in [-0.25, -0.2) is 9.18 Å². The lowest BCUT2D eigenvalue weighted by molar-refractivity contribution is -0.143. The van der Waals surface area contributed by atoms with Gasteiger partial charge in [0.1, 0.15) is 0 Å². The van der Waals surface area contributed by atoms with Gasteiger partial charge in [0.2, 0.25) is 6.17 Å². The van der Waals surface area contributed by atoms with Crippen molar-refractivity contribution in [2.45, 2.75) is 19.1 Å². The third-order valence-corrected chi connectivity index (χ3v) is 1.84. The molecule has 0 saturated carbocycles. The zero-order valence-corrected chi connectivity index (χ0v) is 7.77. The molecular weight excluding hydrogens is 185 g/mol. The Labute approximate surface area is 81.6 Å². The Morgan fingerprint density at radius 3 is 2.50 bits per heavy atom. The Bertz CT molecular complexity index is 302. The van der Waals surface area contributed by atoms with Crippen LogP contribution in [0.15, 0.2) is 30.3 Å². The van der Waals surface area contributed by atoms with Crippen molar-refractivity contribution >= 4 is 11.7 Å². The van der Waals surface area contributed by atoms with Crippen molar-refractivity contribution in [1.82, 2.24) is 0 Å². The summed E-state index contributed by atoms with van der Waals surface area (Å²) in [5.41, 5.74) is 0.712.